The standard InChI is InChI=1S/C28H28N4O3S/c1-27(35-3)24(36(29,34)20-8-5-4-6-9-20)15-19(16-31-27)18-10-11-22-21(14-18)25-23(17-30-22)32(2)26(33)28(25)12-7-13-28/h4-6,8-11,14-17,29,31H,7,12-13H2,1-3H3. The number of hydrogen-bond donors (Lipinski definition) is 2. The van der Waals surface area contributed by atoms with Crippen molar-refractivity contribution in [1.29, 1.82) is 4.78 Å². The van der Waals surface area contributed by atoms with Gasteiger partial charge < -0.3 is 15.0 Å². The van der Waals surface area contributed by atoms with Gasteiger partial charge in [0.2, 0.25) is 5.91 Å². The first-order valence-electron chi connectivity index (χ1n) is 12.0. The predicted molar refractivity (Wildman–Crippen MR) is 141 cm³/mol. The van der Waals surface area contributed by atoms with E-state index in [-0.39, 0.29) is 5.91 Å². The van der Waals surface area contributed by atoms with Crippen molar-refractivity contribution in [2.75, 3.05) is 19.1 Å². The zero-order valence-electron chi connectivity index (χ0n) is 20.5. The Bertz CT molecular complexity index is 1590. The van der Waals surface area contributed by atoms with Crippen molar-refractivity contribution in [1.82, 2.24) is 10.3 Å². The number of benzene rings is 2. The van der Waals surface area contributed by atoms with Gasteiger partial charge in [0.1, 0.15) is 9.73 Å². The fraction of sp³-hybridized carbons (Fsp3) is 0.286. The van der Waals surface area contributed by atoms with Crippen molar-refractivity contribution < 1.29 is 13.7 Å². The summed E-state index contributed by atoms with van der Waals surface area (Å²) in [5.74, 6) is 0.150. The summed E-state index contributed by atoms with van der Waals surface area (Å²) in [5.41, 5.74) is 2.91. The zero-order chi connectivity index (χ0) is 25.3. The molecular formula is C28H28N4O3S. The first-order chi connectivity index (χ1) is 17.2. The molecule has 2 aromatic carbocycles. The molecule has 0 radical (unpaired) electrons. The van der Waals surface area contributed by atoms with Gasteiger partial charge >= 0.3 is 0 Å². The van der Waals surface area contributed by atoms with Crippen molar-refractivity contribution in [2.24, 2.45) is 0 Å². The summed E-state index contributed by atoms with van der Waals surface area (Å²) in [5, 5.41) is 4.21. The highest BCUT2D eigenvalue weighted by atomic mass is 32.2. The second-order valence-electron chi connectivity index (χ2n) is 9.91. The van der Waals surface area contributed by atoms with Crippen LogP contribution in [0.3, 0.4) is 0 Å². The molecule has 3 aromatic rings. The van der Waals surface area contributed by atoms with Crippen molar-refractivity contribution >= 4 is 37.8 Å². The van der Waals surface area contributed by atoms with Gasteiger partial charge in [-0.25, -0.2) is 8.99 Å². The van der Waals surface area contributed by atoms with Crippen LogP contribution in [0.25, 0.3) is 16.5 Å². The molecule has 2 aliphatic heterocycles. The Balaban J connectivity index is 1.51. The molecule has 0 saturated heterocycles. The van der Waals surface area contributed by atoms with Crippen molar-refractivity contribution in [3.8, 4) is 0 Å². The fourth-order valence-electron chi connectivity index (χ4n) is 5.68. The average molecular weight is 501 g/mol. The summed E-state index contributed by atoms with van der Waals surface area (Å²) < 4.78 is 28.5. The van der Waals surface area contributed by atoms with Gasteiger partial charge in [-0.2, -0.15) is 0 Å². The van der Waals surface area contributed by atoms with E-state index in [9.17, 15) is 9.00 Å². The number of aromatic nitrogens is 1. The third kappa shape index (κ3) is 3.04. The number of hydrogen-bond acceptors (Lipinski definition) is 6. The molecule has 184 valence electrons. The van der Waals surface area contributed by atoms with E-state index >= 15 is 0 Å². The number of carbonyl (C=O) groups is 1. The van der Waals surface area contributed by atoms with Crippen LogP contribution >= 0.6 is 0 Å². The minimum atomic E-state index is -3.33. The van der Waals surface area contributed by atoms with Gasteiger partial charge in [-0.05, 0) is 61.2 Å². The number of anilines is 1. The van der Waals surface area contributed by atoms with Crippen LogP contribution in [0.1, 0.15) is 37.3 Å². The van der Waals surface area contributed by atoms with Crippen LogP contribution in [0, 0.1) is 4.78 Å². The highest BCUT2D eigenvalue weighted by Gasteiger charge is 2.54. The van der Waals surface area contributed by atoms with Crippen LogP contribution < -0.4 is 10.2 Å². The Hall–Kier alpha value is -3.49. The van der Waals surface area contributed by atoms with Gasteiger partial charge in [-0.15, -0.1) is 0 Å². The summed E-state index contributed by atoms with van der Waals surface area (Å²) in [6, 6.07) is 14.8. The van der Waals surface area contributed by atoms with E-state index in [2.05, 4.69) is 16.4 Å². The number of carbonyl (C=O) groups excluding carboxylic acids is 1. The van der Waals surface area contributed by atoms with E-state index in [1.165, 1.54) is 7.11 Å². The van der Waals surface area contributed by atoms with E-state index in [0.29, 0.717) is 9.80 Å². The maximum Gasteiger partial charge on any atom is 0.237 e. The number of pyridine rings is 1. The van der Waals surface area contributed by atoms with Crippen molar-refractivity contribution in [3.05, 3.63) is 83.0 Å². The molecule has 7 nitrogen and oxygen atoms in total. The van der Waals surface area contributed by atoms with Gasteiger partial charge in [0, 0.05) is 31.3 Å². The van der Waals surface area contributed by atoms with Crippen LogP contribution in [0.2, 0.25) is 0 Å². The van der Waals surface area contributed by atoms with E-state index in [1.807, 2.05) is 31.4 Å². The van der Waals surface area contributed by atoms with Gasteiger partial charge in [-0.1, -0.05) is 30.7 Å². The number of amides is 1. The molecule has 36 heavy (non-hydrogen) atoms. The Labute approximate surface area is 210 Å². The Morgan fingerprint density at radius 2 is 1.92 bits per heavy atom. The monoisotopic (exact) mass is 500 g/mol. The summed E-state index contributed by atoms with van der Waals surface area (Å²) in [7, 11) is 0.0325. The number of likely N-dealkylation sites (N-methyl/N-ethyl adjacent to an activating group) is 1. The van der Waals surface area contributed by atoms with Crippen LogP contribution in [-0.2, 0) is 24.7 Å². The Morgan fingerprint density at radius 1 is 1.17 bits per heavy atom. The van der Waals surface area contributed by atoms with Crippen LogP contribution in [-0.4, -0.2) is 35.0 Å². The highest BCUT2D eigenvalue weighted by Crippen LogP contribution is 2.55. The lowest BCUT2D eigenvalue weighted by atomic mass is 9.64. The lowest BCUT2D eigenvalue weighted by Gasteiger charge is -2.37. The minimum Gasteiger partial charge on any atom is -0.359 e. The molecule has 1 saturated carbocycles. The first-order valence-corrected chi connectivity index (χ1v) is 13.6. The second kappa shape index (κ2) is 7.75. The number of rotatable bonds is 4. The number of ether oxygens (including phenoxy) is 1. The lowest BCUT2D eigenvalue weighted by Crippen LogP contribution is -2.46. The number of allylic oxidation sites excluding steroid dienone is 2. The maximum absolute atomic E-state index is 13.9. The molecule has 1 fully saturated rings. The number of nitrogens with zero attached hydrogens (tertiary/aromatic N) is 2. The average Bonchev–Trinajstić information content (AvgIpc) is 3.11. The molecule has 2 unspecified atom stereocenters. The molecule has 1 amide bonds. The van der Waals surface area contributed by atoms with E-state index in [4.69, 9.17) is 9.52 Å². The molecule has 6 rings (SSSR count). The third-order valence-corrected chi connectivity index (χ3v) is 10.1. The topological polar surface area (TPSA) is 95.4 Å². The SMILES string of the molecule is COC1(C)NC=C(c2ccc3ncc4c(c3c2)C2(CCC2)C(=O)N4C)C=C1S(=N)(=O)c1ccccc1. The summed E-state index contributed by atoms with van der Waals surface area (Å²) >= 11 is 0. The molecule has 1 aliphatic carbocycles. The van der Waals surface area contributed by atoms with Gasteiger partial charge in [0.25, 0.3) is 0 Å². The largest absolute Gasteiger partial charge is 0.359 e. The minimum absolute atomic E-state index is 0.150. The van der Waals surface area contributed by atoms with Crippen LogP contribution in [0.4, 0.5) is 5.69 Å². The molecular weight excluding hydrogens is 472 g/mol. The molecule has 1 aromatic heterocycles. The van der Waals surface area contributed by atoms with E-state index < -0.39 is 20.9 Å². The van der Waals surface area contributed by atoms with Gasteiger partial charge in [0.15, 0.2) is 5.72 Å². The van der Waals surface area contributed by atoms with E-state index in [0.717, 1.165) is 52.6 Å². The first kappa shape index (κ1) is 22.9. The number of nitrogens with one attached hydrogen (secondary N) is 2. The van der Waals surface area contributed by atoms with Gasteiger partial charge in [0.05, 0.1) is 32.6 Å². The number of methoxy groups -OCH3 is 1. The maximum atomic E-state index is 13.9. The summed E-state index contributed by atoms with van der Waals surface area (Å²) in [6.45, 7) is 1.78. The number of fused-ring (bicyclic) bond motifs is 4. The van der Waals surface area contributed by atoms with Crippen molar-refractivity contribution in [2.45, 2.75) is 42.2 Å². The Morgan fingerprint density at radius 3 is 2.58 bits per heavy atom. The second-order valence-corrected chi connectivity index (χ2v) is 11.9. The molecule has 0 bridgehead atoms. The summed E-state index contributed by atoms with van der Waals surface area (Å²) in [6.07, 6.45) is 8.19. The molecule has 8 heteroatoms. The van der Waals surface area contributed by atoms with Gasteiger partial charge in [-0.3, -0.25) is 9.78 Å². The smallest absolute Gasteiger partial charge is 0.237 e. The lowest BCUT2D eigenvalue weighted by molar-refractivity contribution is -0.125. The quantitative estimate of drug-likeness (QED) is 0.530. The molecule has 1 spiro atoms. The van der Waals surface area contributed by atoms with Crippen LogP contribution in [0.5, 0.6) is 0 Å². The third-order valence-electron chi connectivity index (χ3n) is 8.00. The number of dihydropyridines is 1. The molecule has 2 N–H and O–H groups in total. The summed E-state index contributed by atoms with van der Waals surface area (Å²) in [4.78, 5) is 20.3. The molecule has 3 heterocycles. The van der Waals surface area contributed by atoms with E-state index in [1.54, 1.807) is 48.4 Å². The normalized spacial score (nSPS) is 24.0. The van der Waals surface area contributed by atoms with Crippen molar-refractivity contribution in [3.63, 3.8) is 0 Å². The highest BCUT2D eigenvalue weighted by molar-refractivity contribution is 7.96. The predicted octanol–water partition coefficient (Wildman–Crippen LogP) is 4.93. The molecule has 3 aliphatic rings. The fourth-order valence-corrected chi connectivity index (χ4v) is 7.46. The zero-order valence-corrected chi connectivity index (χ0v) is 21.3. The Kier molecular flexibility index (Phi) is 4.94. The van der Waals surface area contributed by atoms with Crippen LogP contribution in [0.15, 0.2) is 76.8 Å². The molecule has 2 atom stereocenters.